The van der Waals surface area contributed by atoms with Gasteiger partial charge in [-0.15, -0.1) is 0 Å². The van der Waals surface area contributed by atoms with E-state index < -0.39 is 6.10 Å². The molecule has 0 saturated heterocycles. The summed E-state index contributed by atoms with van der Waals surface area (Å²) in [4.78, 5) is 38.1. The standard InChI is InChI=1S/C62H118O6/c1-4-7-10-13-16-19-21-23-25-27-29-30-31-32-33-35-36-38-40-43-46-49-52-55-61(64)67-58-59(57-66-60(63)54-51-48-45-42-18-15-12-9-6-3)68-62(65)56-53-50-47-44-41-39-37-34-28-26-24-22-20-17-14-11-8-5-2/h26,28,59H,4-25,27,29-58H2,1-3H3/b28-26-. The highest BCUT2D eigenvalue weighted by Crippen LogP contribution is 2.18. The number of hydrogen-bond acceptors (Lipinski definition) is 6. The molecule has 0 fully saturated rings. The Kier molecular flexibility index (Phi) is 56.2. The summed E-state index contributed by atoms with van der Waals surface area (Å²) in [5.74, 6) is -0.848. The first-order chi connectivity index (χ1) is 33.5. The van der Waals surface area contributed by atoms with Crippen LogP contribution in [0, 0.1) is 0 Å². The van der Waals surface area contributed by atoms with E-state index in [4.69, 9.17) is 14.2 Å². The van der Waals surface area contributed by atoms with Gasteiger partial charge in [-0.3, -0.25) is 14.4 Å². The molecule has 0 radical (unpaired) electrons. The lowest BCUT2D eigenvalue weighted by Crippen LogP contribution is -2.30. The highest BCUT2D eigenvalue weighted by Gasteiger charge is 2.19. The van der Waals surface area contributed by atoms with Crippen LogP contribution in [0.4, 0.5) is 0 Å². The monoisotopic (exact) mass is 959 g/mol. The lowest BCUT2D eigenvalue weighted by atomic mass is 10.0. The highest BCUT2D eigenvalue weighted by atomic mass is 16.6. The predicted octanol–water partition coefficient (Wildman–Crippen LogP) is 20.5. The fourth-order valence-corrected chi connectivity index (χ4v) is 9.38. The van der Waals surface area contributed by atoms with E-state index in [1.165, 1.54) is 250 Å². The van der Waals surface area contributed by atoms with E-state index in [-0.39, 0.29) is 31.1 Å². The van der Waals surface area contributed by atoms with Crippen molar-refractivity contribution in [3.63, 3.8) is 0 Å². The Labute approximate surface area is 424 Å². The number of unbranched alkanes of at least 4 members (excludes halogenated alkanes) is 44. The van der Waals surface area contributed by atoms with Crippen molar-refractivity contribution >= 4 is 17.9 Å². The minimum absolute atomic E-state index is 0.0659. The summed E-state index contributed by atoms with van der Waals surface area (Å²) in [6.45, 7) is 6.68. The van der Waals surface area contributed by atoms with Crippen molar-refractivity contribution in [2.45, 2.75) is 354 Å². The highest BCUT2D eigenvalue weighted by molar-refractivity contribution is 5.71. The first-order valence-electron chi connectivity index (χ1n) is 30.7. The van der Waals surface area contributed by atoms with E-state index in [1.807, 2.05) is 0 Å². The fraction of sp³-hybridized carbons (Fsp3) is 0.919. The average Bonchev–Trinajstić information content (AvgIpc) is 3.34. The van der Waals surface area contributed by atoms with Crippen molar-refractivity contribution in [1.29, 1.82) is 0 Å². The molecule has 0 aromatic carbocycles. The molecule has 1 atom stereocenters. The van der Waals surface area contributed by atoms with Crippen molar-refractivity contribution < 1.29 is 28.6 Å². The second kappa shape index (κ2) is 57.7. The maximum absolute atomic E-state index is 12.8. The Bertz CT molecular complexity index is 1060. The van der Waals surface area contributed by atoms with Crippen LogP contribution in [0.3, 0.4) is 0 Å². The van der Waals surface area contributed by atoms with E-state index in [2.05, 4.69) is 32.9 Å². The second-order valence-electron chi connectivity index (χ2n) is 21.0. The van der Waals surface area contributed by atoms with Gasteiger partial charge in [0.25, 0.3) is 0 Å². The summed E-state index contributed by atoms with van der Waals surface area (Å²) in [5, 5.41) is 0. The number of esters is 3. The third-order valence-electron chi connectivity index (χ3n) is 14.0. The van der Waals surface area contributed by atoms with E-state index in [9.17, 15) is 14.4 Å². The van der Waals surface area contributed by atoms with Gasteiger partial charge < -0.3 is 14.2 Å². The van der Waals surface area contributed by atoms with Crippen LogP contribution in [-0.2, 0) is 28.6 Å². The molecule has 0 bridgehead atoms. The summed E-state index contributed by atoms with van der Waals surface area (Å²) >= 11 is 0. The van der Waals surface area contributed by atoms with Gasteiger partial charge in [0.05, 0.1) is 0 Å². The first-order valence-corrected chi connectivity index (χ1v) is 30.7. The van der Waals surface area contributed by atoms with Gasteiger partial charge in [0, 0.05) is 19.3 Å². The van der Waals surface area contributed by atoms with Crippen molar-refractivity contribution in [2.75, 3.05) is 13.2 Å². The quantitative estimate of drug-likeness (QED) is 0.0262. The Hall–Kier alpha value is -1.85. The summed E-state index contributed by atoms with van der Waals surface area (Å²) in [7, 11) is 0. The van der Waals surface area contributed by atoms with Gasteiger partial charge in [0.2, 0.25) is 0 Å². The van der Waals surface area contributed by atoms with Crippen molar-refractivity contribution in [1.82, 2.24) is 0 Å². The maximum Gasteiger partial charge on any atom is 0.306 e. The molecular weight excluding hydrogens is 841 g/mol. The zero-order valence-electron chi connectivity index (χ0n) is 46.2. The summed E-state index contributed by atoms with van der Waals surface area (Å²) in [6.07, 6.45) is 66.5. The Balaban J connectivity index is 4.16. The smallest absolute Gasteiger partial charge is 0.306 e. The first kappa shape index (κ1) is 66.2. The Morgan fingerprint density at radius 3 is 0.735 bits per heavy atom. The van der Waals surface area contributed by atoms with Crippen LogP contribution in [0.25, 0.3) is 0 Å². The predicted molar refractivity (Wildman–Crippen MR) is 293 cm³/mol. The molecule has 0 amide bonds. The number of ether oxygens (including phenoxy) is 3. The van der Waals surface area contributed by atoms with Gasteiger partial charge in [-0.2, -0.15) is 0 Å². The SMILES string of the molecule is CCCCCCCCC/C=C\CCCCCCCCCC(=O)OC(COC(=O)CCCCCCCCCCC)COC(=O)CCCCCCCCCCCCCCCCCCCCCCCCC. The molecule has 0 aliphatic rings. The zero-order chi connectivity index (χ0) is 49.3. The lowest BCUT2D eigenvalue weighted by Gasteiger charge is -2.18. The van der Waals surface area contributed by atoms with Crippen LogP contribution in [0.2, 0.25) is 0 Å². The third-order valence-corrected chi connectivity index (χ3v) is 14.0. The van der Waals surface area contributed by atoms with E-state index >= 15 is 0 Å². The van der Waals surface area contributed by atoms with E-state index in [0.717, 1.165) is 57.8 Å². The van der Waals surface area contributed by atoms with Gasteiger partial charge in [-0.1, -0.05) is 296 Å². The van der Waals surface area contributed by atoms with Gasteiger partial charge in [0.15, 0.2) is 6.10 Å². The summed E-state index contributed by atoms with van der Waals surface area (Å²) in [6, 6.07) is 0. The minimum atomic E-state index is -0.766. The van der Waals surface area contributed by atoms with Crippen LogP contribution >= 0.6 is 0 Å². The largest absolute Gasteiger partial charge is 0.462 e. The van der Waals surface area contributed by atoms with Crippen LogP contribution in [0.5, 0.6) is 0 Å². The van der Waals surface area contributed by atoms with Crippen LogP contribution in [0.1, 0.15) is 348 Å². The zero-order valence-corrected chi connectivity index (χ0v) is 46.2. The molecule has 0 saturated carbocycles. The number of hydrogen-bond donors (Lipinski definition) is 0. The number of carbonyl (C=O) groups is 3. The molecule has 68 heavy (non-hydrogen) atoms. The third kappa shape index (κ3) is 55.1. The second-order valence-corrected chi connectivity index (χ2v) is 21.0. The topological polar surface area (TPSA) is 78.9 Å². The van der Waals surface area contributed by atoms with Gasteiger partial charge in [0.1, 0.15) is 13.2 Å². The van der Waals surface area contributed by atoms with Crippen molar-refractivity contribution in [3.05, 3.63) is 12.2 Å². The minimum Gasteiger partial charge on any atom is -0.462 e. The normalized spacial score (nSPS) is 12.0. The Morgan fingerprint density at radius 2 is 0.485 bits per heavy atom. The summed E-state index contributed by atoms with van der Waals surface area (Å²) < 4.78 is 16.9. The molecule has 0 aliphatic heterocycles. The number of rotatable bonds is 57. The van der Waals surface area contributed by atoms with Crippen LogP contribution in [-0.4, -0.2) is 37.2 Å². The van der Waals surface area contributed by atoms with Gasteiger partial charge in [-0.25, -0.2) is 0 Å². The van der Waals surface area contributed by atoms with Gasteiger partial charge in [-0.05, 0) is 44.9 Å². The summed E-state index contributed by atoms with van der Waals surface area (Å²) in [5.41, 5.74) is 0. The van der Waals surface area contributed by atoms with Crippen molar-refractivity contribution in [2.24, 2.45) is 0 Å². The van der Waals surface area contributed by atoms with Crippen LogP contribution in [0.15, 0.2) is 12.2 Å². The molecule has 0 aromatic heterocycles. The molecule has 0 N–H and O–H groups in total. The maximum atomic E-state index is 12.8. The Morgan fingerprint density at radius 1 is 0.279 bits per heavy atom. The molecule has 402 valence electrons. The molecular formula is C62H118O6. The molecule has 6 heteroatoms. The van der Waals surface area contributed by atoms with Gasteiger partial charge >= 0.3 is 17.9 Å². The molecule has 0 spiro atoms. The molecule has 0 rings (SSSR count). The molecule has 0 aliphatic carbocycles. The fourth-order valence-electron chi connectivity index (χ4n) is 9.38. The van der Waals surface area contributed by atoms with E-state index in [1.54, 1.807) is 0 Å². The molecule has 6 nitrogen and oxygen atoms in total. The molecule has 0 aromatic rings. The molecule has 0 heterocycles. The van der Waals surface area contributed by atoms with Crippen LogP contribution < -0.4 is 0 Å². The average molecular weight is 960 g/mol. The number of allylic oxidation sites excluding steroid dienone is 2. The van der Waals surface area contributed by atoms with Crippen molar-refractivity contribution in [3.8, 4) is 0 Å². The lowest BCUT2D eigenvalue weighted by molar-refractivity contribution is -0.167. The number of carbonyl (C=O) groups excluding carboxylic acids is 3. The molecule has 1 unspecified atom stereocenters. The van der Waals surface area contributed by atoms with E-state index in [0.29, 0.717) is 19.3 Å².